The third-order valence-corrected chi connectivity index (χ3v) is 10.1. The van der Waals surface area contributed by atoms with E-state index in [9.17, 15) is 19.5 Å². The van der Waals surface area contributed by atoms with Crippen LogP contribution < -0.4 is 0 Å². The minimum absolute atomic E-state index is 0.0465. The molecule has 3 saturated heterocycles. The zero-order valence-electron chi connectivity index (χ0n) is 21.5. The van der Waals surface area contributed by atoms with Crippen LogP contribution in [0.2, 0.25) is 0 Å². The number of ether oxygens (including phenoxy) is 1. The van der Waals surface area contributed by atoms with E-state index in [2.05, 4.69) is 27.0 Å². The van der Waals surface area contributed by atoms with Crippen LogP contribution in [0.5, 0.6) is 0 Å². The van der Waals surface area contributed by atoms with Gasteiger partial charge in [-0.2, -0.15) is 0 Å². The van der Waals surface area contributed by atoms with Crippen LogP contribution in [0.4, 0.5) is 0 Å². The van der Waals surface area contributed by atoms with Crippen LogP contribution in [0, 0.1) is 17.8 Å². The van der Waals surface area contributed by atoms with Crippen molar-refractivity contribution in [2.75, 3.05) is 26.3 Å². The molecule has 3 aliphatic heterocycles. The second-order valence-corrected chi connectivity index (χ2v) is 11.6. The summed E-state index contributed by atoms with van der Waals surface area (Å²) in [6, 6.07) is -1.18. The third kappa shape index (κ3) is 4.80. The highest BCUT2D eigenvalue weighted by atomic mass is 32.2. The van der Waals surface area contributed by atoms with E-state index in [1.807, 2.05) is 11.8 Å². The zero-order chi connectivity index (χ0) is 25.8. The summed E-state index contributed by atoms with van der Waals surface area (Å²) in [5.74, 6) is -1.74. The van der Waals surface area contributed by atoms with Gasteiger partial charge in [0.05, 0.1) is 35.8 Å². The zero-order valence-corrected chi connectivity index (χ0v) is 22.3. The number of aliphatic hydroxyl groups is 1. The Bertz CT molecular complexity index is 815. The molecule has 3 fully saturated rings. The summed E-state index contributed by atoms with van der Waals surface area (Å²) >= 11 is 1.64. The Kier molecular flexibility index (Phi) is 9.49. The van der Waals surface area contributed by atoms with E-state index in [-0.39, 0.29) is 42.2 Å². The van der Waals surface area contributed by atoms with Crippen LogP contribution >= 0.6 is 11.8 Å². The molecule has 7 atom stereocenters. The summed E-state index contributed by atoms with van der Waals surface area (Å²) in [4.78, 5) is 45.0. The van der Waals surface area contributed by atoms with Gasteiger partial charge < -0.3 is 19.6 Å². The number of hydrogen-bond acceptors (Lipinski definition) is 6. The lowest BCUT2D eigenvalue weighted by molar-refractivity contribution is -0.155. The molecule has 7 nitrogen and oxygen atoms in total. The van der Waals surface area contributed by atoms with Gasteiger partial charge in [0, 0.05) is 18.3 Å². The van der Waals surface area contributed by atoms with Crippen LogP contribution in [0.3, 0.4) is 0 Å². The van der Waals surface area contributed by atoms with Crippen molar-refractivity contribution in [1.29, 1.82) is 0 Å². The molecular formula is C27H42N2O5S. The fourth-order valence-electron chi connectivity index (χ4n) is 6.33. The first-order valence-corrected chi connectivity index (χ1v) is 14.0. The molecule has 196 valence electrons. The maximum Gasteiger partial charge on any atom is 0.310 e. The number of amides is 2. The van der Waals surface area contributed by atoms with E-state index in [0.29, 0.717) is 25.9 Å². The first-order chi connectivity index (χ1) is 16.8. The number of rotatable bonds is 14. The molecule has 1 spiro atoms. The van der Waals surface area contributed by atoms with Gasteiger partial charge in [-0.3, -0.25) is 14.4 Å². The van der Waals surface area contributed by atoms with Gasteiger partial charge in [-0.1, -0.05) is 45.8 Å². The van der Waals surface area contributed by atoms with Crippen LogP contribution in [0.15, 0.2) is 25.3 Å². The lowest BCUT2D eigenvalue weighted by Crippen LogP contribution is -2.59. The van der Waals surface area contributed by atoms with Crippen LogP contribution in [-0.4, -0.2) is 81.1 Å². The first kappa shape index (κ1) is 27.8. The maximum atomic E-state index is 14.2. The summed E-state index contributed by atoms with van der Waals surface area (Å²) in [6.45, 7) is 14.7. The number of fused-ring (bicyclic) bond motifs is 1. The number of carbonyl (C=O) groups excluding carboxylic acids is 3. The molecule has 2 amide bonds. The molecule has 3 unspecified atom stereocenters. The lowest BCUT2D eigenvalue weighted by atomic mass is 9.66. The highest BCUT2D eigenvalue weighted by Crippen LogP contribution is 2.69. The summed E-state index contributed by atoms with van der Waals surface area (Å²) in [6.07, 6.45) is 8.22. The smallest absolute Gasteiger partial charge is 0.310 e. The van der Waals surface area contributed by atoms with Crippen LogP contribution in [0.1, 0.15) is 59.3 Å². The molecular weight excluding hydrogens is 464 g/mol. The van der Waals surface area contributed by atoms with Gasteiger partial charge in [0.15, 0.2) is 0 Å². The maximum absolute atomic E-state index is 14.2. The van der Waals surface area contributed by atoms with Crippen molar-refractivity contribution >= 4 is 29.5 Å². The topological polar surface area (TPSA) is 87.2 Å². The predicted molar refractivity (Wildman–Crippen MR) is 139 cm³/mol. The first-order valence-electron chi connectivity index (χ1n) is 13.1. The molecule has 0 radical (unpaired) electrons. The molecule has 1 N–H and O–H groups in total. The largest absolute Gasteiger partial charge is 0.465 e. The van der Waals surface area contributed by atoms with E-state index >= 15 is 0 Å². The van der Waals surface area contributed by atoms with E-state index in [1.165, 1.54) is 0 Å². The summed E-state index contributed by atoms with van der Waals surface area (Å²) in [7, 11) is 0. The normalized spacial score (nSPS) is 31.8. The minimum Gasteiger partial charge on any atom is -0.465 e. The van der Waals surface area contributed by atoms with Gasteiger partial charge in [0.25, 0.3) is 0 Å². The third-order valence-electron chi connectivity index (χ3n) is 8.02. The number of thioether (sulfide) groups is 1. The Balaban J connectivity index is 2.03. The van der Waals surface area contributed by atoms with E-state index in [1.54, 1.807) is 28.8 Å². The molecule has 3 rings (SSSR count). The molecule has 0 saturated carbocycles. The molecule has 3 aliphatic rings. The summed E-state index contributed by atoms with van der Waals surface area (Å²) in [5.41, 5.74) is 0. The standard InChI is InChI=1S/C27H42N2O5S/c1-6-10-12-14-28(13-8-3)25(32)23-27-18(5)16-20(35-27)21(26(33)34-15-11-7-2)22(27)24(31)29(23)19(9-4)17-30/h7-8,18-23,30H,2-3,6,9-17H2,1,4-5H3/t18?,19-,20-,21+,22-,23?,27?/m0/s1. The molecule has 0 aliphatic carbocycles. The van der Waals surface area contributed by atoms with Crippen LogP contribution in [0.25, 0.3) is 0 Å². The van der Waals surface area contributed by atoms with Gasteiger partial charge in [0.2, 0.25) is 11.8 Å². The van der Waals surface area contributed by atoms with Crippen molar-refractivity contribution in [3.05, 3.63) is 25.3 Å². The fraction of sp³-hybridized carbons (Fsp3) is 0.741. The summed E-state index contributed by atoms with van der Waals surface area (Å²) in [5, 5.41) is 10.1. The average Bonchev–Trinajstić information content (AvgIpc) is 3.43. The molecule has 35 heavy (non-hydrogen) atoms. The van der Waals surface area contributed by atoms with Gasteiger partial charge >= 0.3 is 5.97 Å². The Morgan fingerprint density at radius 1 is 1.31 bits per heavy atom. The quantitative estimate of drug-likeness (QED) is 0.221. The number of nitrogens with zero attached hydrogens (tertiary/aromatic N) is 2. The lowest BCUT2D eigenvalue weighted by Gasteiger charge is -2.42. The van der Waals surface area contributed by atoms with Gasteiger partial charge in [-0.05, 0) is 31.6 Å². The van der Waals surface area contributed by atoms with Crippen molar-refractivity contribution < 1.29 is 24.2 Å². The minimum atomic E-state index is -0.713. The molecule has 0 aromatic heterocycles. The molecule has 0 aromatic rings. The number of hydrogen-bond donors (Lipinski definition) is 1. The Hall–Kier alpha value is -1.80. The second kappa shape index (κ2) is 12.0. The number of aliphatic hydroxyl groups excluding tert-OH is 1. The van der Waals surface area contributed by atoms with Crippen molar-refractivity contribution in [3.63, 3.8) is 0 Å². The highest BCUT2D eigenvalue weighted by molar-refractivity contribution is 8.02. The second-order valence-electron chi connectivity index (χ2n) is 10.1. The average molecular weight is 507 g/mol. The van der Waals surface area contributed by atoms with Crippen molar-refractivity contribution in [2.24, 2.45) is 17.8 Å². The Morgan fingerprint density at radius 3 is 2.66 bits per heavy atom. The monoisotopic (exact) mass is 506 g/mol. The number of esters is 1. The Labute approximate surface area is 214 Å². The van der Waals surface area contributed by atoms with Crippen molar-refractivity contribution in [3.8, 4) is 0 Å². The SMILES string of the molecule is C=CCCOC(=O)[C@@H]1[C@@H]2CC(C)C3(S2)C(C(=O)N(CC=C)CCCCC)N([C@@H](CC)CO)C(=O)[C@H]13. The van der Waals surface area contributed by atoms with Gasteiger partial charge in [0.1, 0.15) is 6.04 Å². The predicted octanol–water partition coefficient (Wildman–Crippen LogP) is 3.42. The van der Waals surface area contributed by atoms with E-state index in [0.717, 1.165) is 25.7 Å². The fourth-order valence-corrected chi connectivity index (χ4v) is 8.72. The van der Waals surface area contributed by atoms with Crippen molar-refractivity contribution in [2.45, 2.75) is 81.4 Å². The van der Waals surface area contributed by atoms with Crippen molar-refractivity contribution in [1.82, 2.24) is 9.80 Å². The van der Waals surface area contributed by atoms with E-state index in [4.69, 9.17) is 4.74 Å². The van der Waals surface area contributed by atoms with Crippen LogP contribution in [-0.2, 0) is 19.1 Å². The molecule has 0 aromatic carbocycles. The molecule has 8 heteroatoms. The molecule has 2 bridgehead atoms. The van der Waals surface area contributed by atoms with Gasteiger partial charge in [-0.25, -0.2) is 0 Å². The van der Waals surface area contributed by atoms with E-state index < -0.39 is 28.7 Å². The highest BCUT2D eigenvalue weighted by Gasteiger charge is 2.77. The summed E-state index contributed by atoms with van der Waals surface area (Å²) < 4.78 is 4.85. The van der Waals surface area contributed by atoms with Gasteiger partial charge in [-0.15, -0.1) is 24.9 Å². The Morgan fingerprint density at radius 2 is 2.06 bits per heavy atom. The number of carbonyl (C=O) groups is 3. The molecule has 3 heterocycles. The number of unbranched alkanes of at least 4 members (excludes halogenated alkanes) is 2. The number of likely N-dealkylation sites (tertiary alicyclic amines) is 1.